The number of nitro benzene ring substituents is 2. The lowest BCUT2D eigenvalue weighted by Gasteiger charge is -2.15. The maximum atomic E-state index is 11.1. The van der Waals surface area contributed by atoms with Crippen LogP contribution in [0.1, 0.15) is 25.0 Å². The van der Waals surface area contributed by atoms with Crippen molar-refractivity contribution < 1.29 is 14.6 Å². The highest BCUT2D eigenvalue weighted by molar-refractivity contribution is 5.73. The predicted molar refractivity (Wildman–Crippen MR) is 106 cm³/mol. The van der Waals surface area contributed by atoms with E-state index in [9.17, 15) is 20.2 Å². The SMILES string of the molecule is CCO[C@H](C/C=C/C=N\Nc1ccc([N+](=O)[O-])cc1[N+](=O)[O-])c1ccccc1. The number of ether oxygens (including phenoxy) is 1. The van der Waals surface area contributed by atoms with E-state index < -0.39 is 15.5 Å². The first-order valence-electron chi connectivity index (χ1n) is 8.56. The normalized spacial score (nSPS) is 12.3. The summed E-state index contributed by atoms with van der Waals surface area (Å²) in [6, 6.07) is 13.2. The summed E-state index contributed by atoms with van der Waals surface area (Å²) in [5.74, 6) is 0. The molecule has 0 amide bonds. The Morgan fingerprint density at radius 1 is 1.14 bits per heavy atom. The van der Waals surface area contributed by atoms with Crippen LogP contribution in [0.4, 0.5) is 17.1 Å². The standard InChI is InChI=1S/C19H20N4O5/c1-2-28-19(15-8-4-3-5-9-15)10-6-7-13-20-21-17-12-11-16(22(24)25)14-18(17)23(26)27/h3-9,11-14,19,21H,2,10H2,1H3/b7-6+,20-13-/t19-/m1/s1. The number of nitrogens with one attached hydrogen (secondary N) is 1. The number of allylic oxidation sites excluding steroid dienone is 1. The Kier molecular flexibility index (Phi) is 7.79. The van der Waals surface area contributed by atoms with Crippen LogP contribution >= 0.6 is 0 Å². The van der Waals surface area contributed by atoms with Gasteiger partial charge in [-0.25, -0.2) is 0 Å². The molecule has 1 atom stereocenters. The van der Waals surface area contributed by atoms with Gasteiger partial charge in [-0.05, 0) is 31.1 Å². The average Bonchev–Trinajstić information content (AvgIpc) is 2.70. The van der Waals surface area contributed by atoms with Crippen molar-refractivity contribution in [3.8, 4) is 0 Å². The van der Waals surface area contributed by atoms with Gasteiger partial charge in [-0.15, -0.1) is 0 Å². The van der Waals surface area contributed by atoms with Gasteiger partial charge < -0.3 is 4.74 Å². The van der Waals surface area contributed by atoms with E-state index in [0.717, 1.165) is 11.6 Å². The molecule has 146 valence electrons. The number of benzene rings is 2. The van der Waals surface area contributed by atoms with Gasteiger partial charge in [-0.2, -0.15) is 5.10 Å². The third kappa shape index (κ3) is 5.99. The minimum absolute atomic E-state index is 0.0664. The largest absolute Gasteiger partial charge is 0.373 e. The fourth-order valence-electron chi connectivity index (χ4n) is 2.46. The summed E-state index contributed by atoms with van der Waals surface area (Å²) in [6.07, 6.45) is 5.59. The summed E-state index contributed by atoms with van der Waals surface area (Å²) < 4.78 is 5.74. The monoisotopic (exact) mass is 384 g/mol. The first-order chi connectivity index (χ1) is 13.5. The molecule has 0 aliphatic rings. The Balaban J connectivity index is 1.97. The summed E-state index contributed by atoms with van der Waals surface area (Å²) in [5.41, 5.74) is 2.89. The van der Waals surface area contributed by atoms with E-state index in [1.807, 2.05) is 43.3 Å². The molecule has 0 unspecified atom stereocenters. The molecule has 0 aliphatic heterocycles. The highest BCUT2D eigenvalue weighted by atomic mass is 16.6. The summed E-state index contributed by atoms with van der Waals surface area (Å²) in [6.45, 7) is 2.52. The van der Waals surface area contributed by atoms with Crippen LogP contribution in [-0.2, 0) is 4.74 Å². The second-order valence-electron chi connectivity index (χ2n) is 5.62. The van der Waals surface area contributed by atoms with Gasteiger partial charge in [0.2, 0.25) is 0 Å². The van der Waals surface area contributed by atoms with E-state index in [1.54, 1.807) is 6.08 Å². The summed E-state index contributed by atoms with van der Waals surface area (Å²) >= 11 is 0. The molecule has 0 saturated carbocycles. The number of anilines is 1. The van der Waals surface area contributed by atoms with Crippen LogP contribution < -0.4 is 5.43 Å². The van der Waals surface area contributed by atoms with Crippen molar-refractivity contribution >= 4 is 23.3 Å². The van der Waals surface area contributed by atoms with Crippen LogP contribution in [0, 0.1) is 20.2 Å². The zero-order valence-electron chi connectivity index (χ0n) is 15.2. The molecule has 28 heavy (non-hydrogen) atoms. The van der Waals surface area contributed by atoms with Crippen LogP contribution in [0.2, 0.25) is 0 Å². The Bertz CT molecular complexity index is 868. The molecule has 0 radical (unpaired) electrons. The maximum absolute atomic E-state index is 11.1. The minimum atomic E-state index is -0.701. The Hall–Kier alpha value is -3.59. The second kappa shape index (κ2) is 10.5. The van der Waals surface area contributed by atoms with E-state index >= 15 is 0 Å². The van der Waals surface area contributed by atoms with E-state index in [4.69, 9.17) is 4.74 Å². The topological polar surface area (TPSA) is 120 Å². The number of hydrogen-bond donors (Lipinski definition) is 1. The average molecular weight is 384 g/mol. The molecule has 0 fully saturated rings. The summed E-state index contributed by atoms with van der Waals surface area (Å²) in [5, 5.41) is 25.7. The molecule has 0 saturated heterocycles. The van der Waals surface area contributed by atoms with Gasteiger partial charge >= 0.3 is 5.69 Å². The lowest BCUT2D eigenvalue weighted by molar-refractivity contribution is -0.393. The van der Waals surface area contributed by atoms with Gasteiger partial charge in [0.15, 0.2) is 0 Å². The van der Waals surface area contributed by atoms with Gasteiger partial charge in [-0.1, -0.05) is 36.4 Å². The zero-order chi connectivity index (χ0) is 20.4. The second-order valence-corrected chi connectivity index (χ2v) is 5.62. The lowest BCUT2D eigenvalue weighted by Crippen LogP contribution is -2.03. The Morgan fingerprint density at radius 3 is 2.54 bits per heavy atom. The first-order valence-corrected chi connectivity index (χ1v) is 8.56. The van der Waals surface area contributed by atoms with E-state index in [1.165, 1.54) is 18.3 Å². The Morgan fingerprint density at radius 2 is 1.89 bits per heavy atom. The van der Waals surface area contributed by atoms with Gasteiger partial charge in [0.05, 0.1) is 22.0 Å². The van der Waals surface area contributed by atoms with Crippen molar-refractivity contribution in [1.29, 1.82) is 0 Å². The number of hydrogen-bond acceptors (Lipinski definition) is 7. The van der Waals surface area contributed by atoms with E-state index in [0.29, 0.717) is 13.0 Å². The van der Waals surface area contributed by atoms with Crippen molar-refractivity contribution in [3.05, 3.63) is 86.5 Å². The van der Waals surface area contributed by atoms with Crippen molar-refractivity contribution in [1.82, 2.24) is 0 Å². The van der Waals surface area contributed by atoms with E-state index in [2.05, 4.69) is 10.5 Å². The summed E-state index contributed by atoms with van der Waals surface area (Å²) in [7, 11) is 0. The molecule has 0 aromatic heterocycles. The first kappa shape index (κ1) is 20.7. The van der Waals surface area contributed by atoms with E-state index in [-0.39, 0.29) is 17.5 Å². The lowest BCUT2D eigenvalue weighted by atomic mass is 10.1. The maximum Gasteiger partial charge on any atom is 0.301 e. The smallest absolute Gasteiger partial charge is 0.301 e. The van der Waals surface area contributed by atoms with Crippen molar-refractivity contribution in [2.24, 2.45) is 5.10 Å². The fraction of sp³-hybridized carbons (Fsp3) is 0.211. The third-order valence-electron chi connectivity index (χ3n) is 3.76. The fourth-order valence-corrected chi connectivity index (χ4v) is 2.46. The molecule has 0 aliphatic carbocycles. The molecule has 0 spiro atoms. The van der Waals surface area contributed by atoms with Crippen LogP contribution in [0.25, 0.3) is 0 Å². The molecule has 2 rings (SSSR count). The van der Waals surface area contributed by atoms with Gasteiger partial charge in [0.25, 0.3) is 5.69 Å². The Labute approximate surface area is 161 Å². The zero-order valence-corrected chi connectivity index (χ0v) is 15.2. The molecular weight excluding hydrogens is 364 g/mol. The number of hydrazone groups is 1. The molecular formula is C19H20N4O5. The molecule has 2 aromatic rings. The molecule has 0 bridgehead atoms. The highest BCUT2D eigenvalue weighted by Crippen LogP contribution is 2.28. The van der Waals surface area contributed by atoms with Crippen LogP contribution in [0.3, 0.4) is 0 Å². The predicted octanol–water partition coefficient (Wildman–Crippen LogP) is 4.62. The molecule has 2 aromatic carbocycles. The van der Waals surface area contributed by atoms with Crippen molar-refractivity contribution in [2.75, 3.05) is 12.0 Å². The van der Waals surface area contributed by atoms with Crippen molar-refractivity contribution in [2.45, 2.75) is 19.4 Å². The van der Waals surface area contributed by atoms with Crippen LogP contribution in [0.5, 0.6) is 0 Å². The number of nitro groups is 2. The van der Waals surface area contributed by atoms with Crippen LogP contribution in [-0.4, -0.2) is 22.7 Å². The number of nitrogens with zero attached hydrogens (tertiary/aromatic N) is 3. The summed E-state index contributed by atoms with van der Waals surface area (Å²) in [4.78, 5) is 20.4. The third-order valence-corrected chi connectivity index (χ3v) is 3.76. The molecule has 1 N–H and O–H groups in total. The molecule has 0 heterocycles. The van der Waals surface area contributed by atoms with Crippen molar-refractivity contribution in [3.63, 3.8) is 0 Å². The van der Waals surface area contributed by atoms with Crippen LogP contribution in [0.15, 0.2) is 65.8 Å². The van der Waals surface area contributed by atoms with Gasteiger partial charge in [0.1, 0.15) is 5.69 Å². The van der Waals surface area contributed by atoms with Gasteiger partial charge in [-0.3, -0.25) is 25.7 Å². The molecule has 9 heteroatoms. The number of rotatable bonds is 10. The van der Waals surface area contributed by atoms with Gasteiger partial charge in [0, 0.05) is 18.9 Å². The quantitative estimate of drug-likeness (QED) is 0.362. The molecule has 9 nitrogen and oxygen atoms in total. The highest BCUT2D eigenvalue weighted by Gasteiger charge is 2.18. The number of non-ortho nitro benzene ring substituents is 1. The minimum Gasteiger partial charge on any atom is -0.373 e.